The Morgan fingerprint density at radius 1 is 1.13 bits per heavy atom. The van der Waals surface area contributed by atoms with Crippen molar-refractivity contribution in [1.29, 1.82) is 0 Å². The molecule has 0 aliphatic rings. The Bertz CT molecular complexity index is 714. The van der Waals surface area contributed by atoms with Gasteiger partial charge in [0.2, 0.25) is 0 Å². The first-order valence-electron chi connectivity index (χ1n) is 6.95. The predicted molar refractivity (Wildman–Crippen MR) is 88.4 cm³/mol. The zero-order valence-electron chi connectivity index (χ0n) is 13.0. The lowest BCUT2D eigenvalue weighted by molar-refractivity contribution is 0.437. The van der Waals surface area contributed by atoms with E-state index in [1.54, 1.807) is 24.3 Å². The number of nitrogens with zero attached hydrogens (tertiary/aromatic N) is 1. The smallest absolute Gasteiger partial charge is 0.168 e. The highest BCUT2D eigenvalue weighted by molar-refractivity contribution is 7.91. The zero-order valence-corrected chi connectivity index (χ0v) is 13.9. The molecule has 0 amide bonds. The summed E-state index contributed by atoms with van der Waals surface area (Å²) in [7, 11) is 0. The molecule has 2 aromatic carbocycles. The van der Waals surface area contributed by atoms with Crippen molar-refractivity contribution >= 4 is 17.6 Å². The minimum atomic E-state index is -1.36. The van der Waals surface area contributed by atoms with E-state index in [1.807, 2.05) is 20.8 Å². The van der Waals surface area contributed by atoms with Crippen LogP contribution in [0.5, 0.6) is 11.5 Å². The van der Waals surface area contributed by atoms with Crippen LogP contribution in [0.15, 0.2) is 46.9 Å². The largest absolute Gasteiger partial charge is 0.591 e. The van der Waals surface area contributed by atoms with Crippen LogP contribution in [0.3, 0.4) is 0 Å². The van der Waals surface area contributed by atoms with Crippen molar-refractivity contribution in [1.82, 2.24) is 0 Å². The molecule has 0 aromatic heterocycles. The fourth-order valence-electron chi connectivity index (χ4n) is 1.61. The standard InChI is InChI=1S/C17H17F2NO2S/c1-17(2,3)23(21)20-11-12-5-4-6-14(9-12)22-16-8-7-13(18)10-15(16)19/h4-11H,1-3H3/b20-11+. The molecule has 0 aliphatic carbocycles. The second kappa shape index (κ2) is 7.10. The lowest BCUT2D eigenvalue weighted by Gasteiger charge is -2.17. The topological polar surface area (TPSA) is 44.7 Å². The summed E-state index contributed by atoms with van der Waals surface area (Å²) in [5, 5.41) is 0. The van der Waals surface area contributed by atoms with Gasteiger partial charge in [0, 0.05) is 11.6 Å². The second-order valence-electron chi connectivity index (χ2n) is 5.85. The summed E-state index contributed by atoms with van der Waals surface area (Å²) >= 11 is -1.36. The van der Waals surface area contributed by atoms with Crippen LogP contribution < -0.4 is 4.74 Å². The summed E-state index contributed by atoms with van der Waals surface area (Å²) in [4.78, 5) is 0. The SMILES string of the molecule is CC(C)(C)[S+]([O-])/N=C/c1cccc(Oc2ccc(F)cc2F)c1. The maximum atomic E-state index is 13.6. The Morgan fingerprint density at radius 3 is 2.52 bits per heavy atom. The average Bonchev–Trinajstić information content (AvgIpc) is 2.47. The van der Waals surface area contributed by atoms with Crippen LogP contribution in [-0.2, 0) is 11.4 Å². The molecule has 1 unspecified atom stereocenters. The molecular formula is C17H17F2NO2S. The summed E-state index contributed by atoms with van der Waals surface area (Å²) < 4.78 is 47.3. The fourth-order valence-corrected chi connectivity index (χ4v) is 2.14. The van der Waals surface area contributed by atoms with Crippen LogP contribution in [0.4, 0.5) is 8.78 Å². The van der Waals surface area contributed by atoms with E-state index in [4.69, 9.17) is 4.74 Å². The number of hydrogen-bond acceptors (Lipinski definition) is 3. The Hall–Kier alpha value is -1.92. The lowest BCUT2D eigenvalue weighted by Crippen LogP contribution is -2.25. The summed E-state index contributed by atoms with van der Waals surface area (Å²) in [6.45, 7) is 5.49. The van der Waals surface area contributed by atoms with Gasteiger partial charge in [0.1, 0.15) is 27.7 Å². The first kappa shape index (κ1) is 17.4. The lowest BCUT2D eigenvalue weighted by atomic mass is 10.2. The molecule has 122 valence electrons. The maximum absolute atomic E-state index is 13.6. The van der Waals surface area contributed by atoms with Crippen LogP contribution >= 0.6 is 0 Å². The number of rotatable bonds is 4. The molecule has 2 aromatic rings. The molecule has 0 radical (unpaired) electrons. The van der Waals surface area contributed by atoms with E-state index in [0.717, 1.165) is 12.1 Å². The van der Waals surface area contributed by atoms with E-state index >= 15 is 0 Å². The van der Waals surface area contributed by atoms with Gasteiger partial charge >= 0.3 is 0 Å². The molecule has 0 bridgehead atoms. The molecule has 0 spiro atoms. The maximum Gasteiger partial charge on any atom is 0.168 e. The molecule has 0 saturated heterocycles. The summed E-state index contributed by atoms with van der Waals surface area (Å²) in [5.41, 5.74) is 0.669. The van der Waals surface area contributed by atoms with Gasteiger partial charge in [0.25, 0.3) is 0 Å². The van der Waals surface area contributed by atoms with Gasteiger partial charge in [-0.25, -0.2) is 8.78 Å². The van der Waals surface area contributed by atoms with Gasteiger partial charge in [-0.3, -0.25) is 0 Å². The van der Waals surface area contributed by atoms with E-state index < -0.39 is 27.7 Å². The Labute approximate surface area is 137 Å². The molecule has 2 rings (SSSR count). The quantitative estimate of drug-likeness (QED) is 0.603. The summed E-state index contributed by atoms with van der Waals surface area (Å²) in [6, 6.07) is 9.84. The van der Waals surface area contributed by atoms with Crippen LogP contribution in [-0.4, -0.2) is 15.5 Å². The van der Waals surface area contributed by atoms with Crippen molar-refractivity contribution in [2.24, 2.45) is 4.40 Å². The van der Waals surface area contributed by atoms with E-state index in [9.17, 15) is 13.3 Å². The molecule has 23 heavy (non-hydrogen) atoms. The van der Waals surface area contributed by atoms with Crippen LogP contribution in [0.25, 0.3) is 0 Å². The normalized spacial score (nSPS) is 13.3. The third-order valence-corrected chi connectivity index (χ3v) is 4.15. The van der Waals surface area contributed by atoms with Crippen molar-refractivity contribution in [3.63, 3.8) is 0 Å². The number of hydrogen-bond donors (Lipinski definition) is 0. The zero-order chi connectivity index (χ0) is 17.0. The molecule has 0 aliphatic heterocycles. The molecule has 0 heterocycles. The van der Waals surface area contributed by atoms with Crippen LogP contribution in [0.1, 0.15) is 26.3 Å². The Balaban J connectivity index is 2.15. The van der Waals surface area contributed by atoms with Gasteiger partial charge in [-0.05, 0) is 45.0 Å². The molecule has 3 nitrogen and oxygen atoms in total. The van der Waals surface area contributed by atoms with Gasteiger partial charge < -0.3 is 9.29 Å². The van der Waals surface area contributed by atoms with Crippen molar-refractivity contribution in [2.45, 2.75) is 25.5 Å². The van der Waals surface area contributed by atoms with Crippen molar-refractivity contribution in [2.75, 3.05) is 0 Å². The van der Waals surface area contributed by atoms with Crippen molar-refractivity contribution in [3.05, 3.63) is 59.7 Å². The molecular weight excluding hydrogens is 320 g/mol. The third kappa shape index (κ3) is 5.04. The van der Waals surface area contributed by atoms with E-state index in [-0.39, 0.29) is 5.75 Å². The van der Waals surface area contributed by atoms with E-state index in [2.05, 4.69) is 4.40 Å². The van der Waals surface area contributed by atoms with Crippen molar-refractivity contribution in [3.8, 4) is 11.5 Å². The molecule has 6 heteroatoms. The van der Waals surface area contributed by atoms with Crippen LogP contribution in [0.2, 0.25) is 0 Å². The minimum absolute atomic E-state index is 0.0706. The van der Waals surface area contributed by atoms with Gasteiger partial charge in [0.15, 0.2) is 11.6 Å². The second-order valence-corrected chi connectivity index (χ2v) is 7.78. The van der Waals surface area contributed by atoms with E-state index in [0.29, 0.717) is 11.3 Å². The van der Waals surface area contributed by atoms with Gasteiger partial charge in [-0.1, -0.05) is 16.5 Å². The third-order valence-electron chi connectivity index (χ3n) is 2.80. The van der Waals surface area contributed by atoms with Gasteiger partial charge in [-0.15, -0.1) is 0 Å². The van der Waals surface area contributed by atoms with Crippen molar-refractivity contribution < 1.29 is 18.1 Å². The molecule has 0 saturated carbocycles. The molecule has 0 fully saturated rings. The summed E-state index contributed by atoms with van der Waals surface area (Å²) in [5.74, 6) is -1.14. The number of benzene rings is 2. The van der Waals surface area contributed by atoms with Gasteiger partial charge in [-0.2, -0.15) is 0 Å². The molecule has 0 N–H and O–H groups in total. The highest BCUT2D eigenvalue weighted by atomic mass is 32.2. The van der Waals surface area contributed by atoms with E-state index in [1.165, 1.54) is 12.3 Å². The van der Waals surface area contributed by atoms with Gasteiger partial charge in [0.05, 0.1) is 6.21 Å². The first-order chi connectivity index (χ1) is 10.8. The highest BCUT2D eigenvalue weighted by Crippen LogP contribution is 2.25. The average molecular weight is 337 g/mol. The first-order valence-corrected chi connectivity index (χ1v) is 8.05. The Kier molecular flexibility index (Phi) is 5.38. The molecule has 1 atom stereocenters. The Morgan fingerprint density at radius 2 is 1.87 bits per heavy atom. The predicted octanol–water partition coefficient (Wildman–Crippen LogP) is 4.64. The summed E-state index contributed by atoms with van der Waals surface area (Å²) in [6.07, 6.45) is 1.48. The van der Waals surface area contributed by atoms with Crippen LogP contribution in [0, 0.1) is 11.6 Å². The number of ether oxygens (including phenoxy) is 1. The minimum Gasteiger partial charge on any atom is -0.591 e. The number of halogens is 2. The fraction of sp³-hybridized carbons (Fsp3) is 0.235. The monoisotopic (exact) mass is 337 g/mol. The highest BCUT2D eigenvalue weighted by Gasteiger charge is 2.25.